The number of aromatic nitrogens is 2. The van der Waals surface area contributed by atoms with E-state index in [-0.39, 0.29) is 28.9 Å². The molecule has 2 aromatic heterocycles. The second-order valence-corrected chi connectivity index (χ2v) is 9.09. The third-order valence-corrected chi connectivity index (χ3v) is 6.91. The van der Waals surface area contributed by atoms with Crippen molar-refractivity contribution in [1.29, 1.82) is 0 Å². The van der Waals surface area contributed by atoms with Crippen LogP contribution in [0.15, 0.2) is 45.0 Å². The van der Waals surface area contributed by atoms with E-state index in [9.17, 15) is 8.42 Å². The van der Waals surface area contributed by atoms with E-state index < -0.39 is 10.0 Å². The molecule has 138 valence electrons. The van der Waals surface area contributed by atoms with Gasteiger partial charge in [0.05, 0.1) is 16.4 Å². The Hall–Kier alpha value is -1.45. The predicted octanol–water partition coefficient (Wildman–Crippen LogP) is 4.71. The van der Waals surface area contributed by atoms with Crippen LogP contribution >= 0.6 is 34.5 Å². The first kappa shape index (κ1) is 19.3. The van der Waals surface area contributed by atoms with Crippen LogP contribution in [0.5, 0.6) is 0 Å². The molecule has 10 heteroatoms. The molecule has 3 rings (SSSR count). The lowest BCUT2D eigenvalue weighted by Gasteiger charge is -2.20. The Morgan fingerprint density at radius 2 is 2.04 bits per heavy atom. The molecule has 0 radical (unpaired) electrons. The Labute approximate surface area is 165 Å². The second-order valence-electron chi connectivity index (χ2n) is 5.39. The minimum atomic E-state index is -3.87. The van der Waals surface area contributed by atoms with Crippen LogP contribution in [0.2, 0.25) is 10.0 Å². The fourth-order valence-electron chi connectivity index (χ4n) is 2.32. The van der Waals surface area contributed by atoms with E-state index in [2.05, 4.69) is 10.2 Å². The van der Waals surface area contributed by atoms with E-state index >= 15 is 0 Å². The Morgan fingerprint density at radius 3 is 2.73 bits per heavy atom. The third-order valence-electron chi connectivity index (χ3n) is 3.49. The van der Waals surface area contributed by atoms with Crippen molar-refractivity contribution < 1.29 is 12.8 Å². The highest BCUT2D eigenvalue weighted by Gasteiger charge is 2.28. The zero-order chi connectivity index (χ0) is 18.7. The van der Waals surface area contributed by atoms with Crippen LogP contribution in [0.25, 0.3) is 10.8 Å². The molecule has 0 aliphatic carbocycles. The number of rotatable bonds is 7. The van der Waals surface area contributed by atoms with Crippen molar-refractivity contribution in [2.75, 3.05) is 6.54 Å². The zero-order valence-electron chi connectivity index (χ0n) is 13.7. The molecule has 6 nitrogen and oxygen atoms in total. The van der Waals surface area contributed by atoms with Gasteiger partial charge < -0.3 is 4.42 Å². The molecule has 3 aromatic rings. The van der Waals surface area contributed by atoms with E-state index in [1.807, 2.05) is 24.4 Å². The standard InChI is InChI=1S/C16H15Cl2N3O3S2/c1-2-7-21(26(22,23)14-9-11(17)5-6-12(14)18)10-15-19-20-16(24-15)13-4-3-8-25-13/h3-6,8-9H,2,7,10H2,1H3. The Balaban J connectivity index is 1.90. The summed E-state index contributed by atoms with van der Waals surface area (Å²) < 4.78 is 32.9. The molecular weight excluding hydrogens is 417 g/mol. The molecule has 2 heterocycles. The van der Waals surface area contributed by atoms with Gasteiger partial charge in [-0.05, 0) is 36.1 Å². The van der Waals surface area contributed by atoms with E-state index in [1.165, 1.54) is 27.8 Å². The number of sulfonamides is 1. The maximum atomic E-state index is 13.0. The molecule has 0 unspecified atom stereocenters. The van der Waals surface area contributed by atoms with Gasteiger partial charge in [-0.15, -0.1) is 21.5 Å². The van der Waals surface area contributed by atoms with Gasteiger partial charge in [0.1, 0.15) is 4.90 Å². The average Bonchev–Trinajstić information content (AvgIpc) is 3.27. The maximum absolute atomic E-state index is 13.0. The van der Waals surface area contributed by atoms with Gasteiger partial charge in [0.15, 0.2) is 0 Å². The number of halogens is 2. The van der Waals surface area contributed by atoms with Crippen LogP contribution in [-0.4, -0.2) is 29.5 Å². The first-order valence-corrected chi connectivity index (χ1v) is 10.8. The number of hydrogen-bond donors (Lipinski definition) is 0. The summed E-state index contributed by atoms with van der Waals surface area (Å²) in [5.74, 6) is 0.577. The summed E-state index contributed by atoms with van der Waals surface area (Å²) in [5, 5.41) is 10.3. The van der Waals surface area contributed by atoms with Crippen molar-refractivity contribution in [3.63, 3.8) is 0 Å². The van der Waals surface area contributed by atoms with Gasteiger partial charge >= 0.3 is 0 Å². The smallest absolute Gasteiger partial charge is 0.257 e. The van der Waals surface area contributed by atoms with Crippen LogP contribution in [0.3, 0.4) is 0 Å². The van der Waals surface area contributed by atoms with Crippen molar-refractivity contribution in [2.45, 2.75) is 24.8 Å². The molecule has 0 bridgehead atoms. The van der Waals surface area contributed by atoms with E-state index in [0.717, 1.165) is 4.88 Å². The number of benzene rings is 1. The lowest BCUT2D eigenvalue weighted by atomic mass is 10.4. The lowest BCUT2D eigenvalue weighted by molar-refractivity contribution is 0.357. The van der Waals surface area contributed by atoms with Crippen LogP contribution in [-0.2, 0) is 16.6 Å². The molecule has 0 saturated carbocycles. The monoisotopic (exact) mass is 431 g/mol. The largest absolute Gasteiger partial charge is 0.418 e. The summed E-state index contributed by atoms with van der Waals surface area (Å²) in [6.07, 6.45) is 0.614. The SMILES string of the molecule is CCCN(Cc1nnc(-c2cccs2)o1)S(=O)(=O)c1cc(Cl)ccc1Cl. The van der Waals surface area contributed by atoms with Gasteiger partial charge in [-0.3, -0.25) is 0 Å². The zero-order valence-corrected chi connectivity index (χ0v) is 16.9. The molecule has 0 spiro atoms. The van der Waals surface area contributed by atoms with Gasteiger partial charge in [-0.1, -0.05) is 36.2 Å². The average molecular weight is 432 g/mol. The fraction of sp³-hybridized carbons (Fsp3) is 0.250. The summed E-state index contributed by atoms with van der Waals surface area (Å²) in [6, 6.07) is 8.07. The molecule has 0 atom stereocenters. The Kier molecular flexibility index (Phi) is 5.99. The van der Waals surface area contributed by atoms with Gasteiger partial charge in [0.2, 0.25) is 15.9 Å². The van der Waals surface area contributed by atoms with Crippen LogP contribution in [0.4, 0.5) is 0 Å². The molecule has 0 aliphatic heterocycles. The summed E-state index contributed by atoms with van der Waals surface area (Å²) in [7, 11) is -3.87. The van der Waals surface area contributed by atoms with Crippen LogP contribution in [0, 0.1) is 0 Å². The molecule has 1 aromatic carbocycles. The Bertz CT molecular complexity index is 988. The topological polar surface area (TPSA) is 76.3 Å². The van der Waals surface area contributed by atoms with E-state index in [0.29, 0.717) is 17.3 Å². The van der Waals surface area contributed by atoms with Crippen molar-refractivity contribution in [2.24, 2.45) is 0 Å². The highest BCUT2D eigenvalue weighted by molar-refractivity contribution is 7.89. The summed E-state index contributed by atoms with van der Waals surface area (Å²) >= 11 is 13.5. The predicted molar refractivity (Wildman–Crippen MR) is 102 cm³/mol. The molecule has 0 aliphatic rings. The first-order chi connectivity index (χ1) is 12.4. The molecule has 0 saturated heterocycles. The van der Waals surface area contributed by atoms with Crippen molar-refractivity contribution in [3.05, 3.63) is 51.6 Å². The highest BCUT2D eigenvalue weighted by Crippen LogP contribution is 2.29. The number of nitrogens with zero attached hydrogens (tertiary/aromatic N) is 3. The number of thiophene rings is 1. The van der Waals surface area contributed by atoms with Crippen molar-refractivity contribution >= 4 is 44.6 Å². The van der Waals surface area contributed by atoms with E-state index in [1.54, 1.807) is 6.07 Å². The summed E-state index contributed by atoms with van der Waals surface area (Å²) in [5.41, 5.74) is 0. The van der Waals surface area contributed by atoms with Crippen LogP contribution < -0.4 is 0 Å². The fourth-order valence-corrected chi connectivity index (χ4v) is 5.18. The van der Waals surface area contributed by atoms with Gasteiger partial charge in [0.25, 0.3) is 5.89 Å². The quantitative estimate of drug-likeness (QED) is 0.541. The third kappa shape index (κ3) is 4.10. The summed E-state index contributed by atoms with van der Waals surface area (Å²) in [4.78, 5) is 0.782. The minimum Gasteiger partial charge on any atom is -0.418 e. The van der Waals surface area contributed by atoms with Crippen molar-refractivity contribution in [1.82, 2.24) is 14.5 Å². The van der Waals surface area contributed by atoms with Gasteiger partial charge in [-0.25, -0.2) is 8.42 Å². The normalized spacial score (nSPS) is 12.0. The van der Waals surface area contributed by atoms with Gasteiger partial charge in [0, 0.05) is 11.6 Å². The highest BCUT2D eigenvalue weighted by atomic mass is 35.5. The van der Waals surface area contributed by atoms with Crippen LogP contribution in [0.1, 0.15) is 19.2 Å². The first-order valence-electron chi connectivity index (χ1n) is 7.73. The number of hydrogen-bond acceptors (Lipinski definition) is 6. The van der Waals surface area contributed by atoms with Gasteiger partial charge in [-0.2, -0.15) is 4.31 Å². The molecule has 0 fully saturated rings. The second kappa shape index (κ2) is 8.06. The molecule has 0 N–H and O–H groups in total. The molecule has 0 amide bonds. The molecular formula is C16H15Cl2N3O3S2. The lowest BCUT2D eigenvalue weighted by Crippen LogP contribution is -2.31. The summed E-state index contributed by atoms with van der Waals surface area (Å²) in [6.45, 7) is 2.12. The van der Waals surface area contributed by atoms with Crippen molar-refractivity contribution in [3.8, 4) is 10.8 Å². The van der Waals surface area contributed by atoms with E-state index in [4.69, 9.17) is 27.6 Å². The maximum Gasteiger partial charge on any atom is 0.257 e. The minimum absolute atomic E-state index is 0.0434. The Morgan fingerprint density at radius 1 is 1.23 bits per heavy atom. The molecule has 26 heavy (non-hydrogen) atoms.